The topological polar surface area (TPSA) is 34.1 Å². The maximum atomic E-state index is 5.84. The maximum absolute atomic E-state index is 5.84. The summed E-state index contributed by atoms with van der Waals surface area (Å²) in [6, 6.07) is 13.9. The summed E-state index contributed by atoms with van der Waals surface area (Å²) in [7, 11) is 1.64. The van der Waals surface area contributed by atoms with E-state index in [1.54, 1.807) is 13.2 Å². The molecule has 2 rings (SSSR count). The van der Waals surface area contributed by atoms with Crippen LogP contribution in [0.25, 0.3) is 0 Å². The van der Waals surface area contributed by atoms with Crippen molar-refractivity contribution in [2.75, 3.05) is 31.7 Å². The quantitative estimate of drug-likeness (QED) is 0.484. The summed E-state index contributed by atoms with van der Waals surface area (Å²) < 4.78 is 11.2. The van der Waals surface area contributed by atoms with Crippen LogP contribution in [0.5, 0.6) is 11.5 Å². The van der Waals surface area contributed by atoms with E-state index >= 15 is 0 Å². The van der Waals surface area contributed by atoms with E-state index in [2.05, 4.69) is 42.5 Å². The van der Waals surface area contributed by atoms with Crippen LogP contribution >= 0.6 is 0 Å². The van der Waals surface area contributed by atoms with Crippen molar-refractivity contribution in [3.05, 3.63) is 60.7 Å². The number of aliphatic imine (C=N–C) groups is 1. The third-order valence-electron chi connectivity index (χ3n) is 3.91. The molecule has 4 heteroatoms. The van der Waals surface area contributed by atoms with Gasteiger partial charge < -0.3 is 14.4 Å². The molecule has 0 saturated heterocycles. The van der Waals surface area contributed by atoms with Crippen LogP contribution in [0, 0.1) is 0 Å². The summed E-state index contributed by atoms with van der Waals surface area (Å²) >= 11 is 0. The van der Waals surface area contributed by atoms with Crippen LogP contribution in [0.2, 0.25) is 0 Å². The average Bonchev–Trinajstić information content (AvgIpc) is 2.66. The summed E-state index contributed by atoms with van der Waals surface area (Å²) in [5.74, 6) is 1.54. The lowest BCUT2D eigenvalue weighted by molar-refractivity contribution is 0.363. The molecule has 0 bridgehead atoms. The van der Waals surface area contributed by atoms with Crippen LogP contribution < -0.4 is 14.4 Å². The van der Waals surface area contributed by atoms with Gasteiger partial charge in [-0.25, -0.2) is 0 Å². The van der Waals surface area contributed by atoms with Gasteiger partial charge in [-0.2, -0.15) is 0 Å². The molecule has 4 nitrogen and oxygen atoms in total. The van der Waals surface area contributed by atoms with Crippen molar-refractivity contribution in [1.29, 1.82) is 0 Å². The first-order valence-electron chi connectivity index (χ1n) is 8.53. The van der Waals surface area contributed by atoms with Crippen molar-refractivity contribution < 1.29 is 9.47 Å². The monoisotopic (exact) mass is 338 g/mol. The van der Waals surface area contributed by atoms with Gasteiger partial charge in [-0.3, -0.25) is 4.99 Å². The van der Waals surface area contributed by atoms with Crippen molar-refractivity contribution in [1.82, 2.24) is 0 Å². The van der Waals surface area contributed by atoms with Crippen molar-refractivity contribution in [2.24, 2.45) is 4.99 Å². The third-order valence-corrected chi connectivity index (χ3v) is 3.91. The fourth-order valence-corrected chi connectivity index (χ4v) is 2.56. The zero-order chi connectivity index (χ0) is 18.1. The molecule has 0 saturated carbocycles. The van der Waals surface area contributed by atoms with Gasteiger partial charge in [-0.05, 0) is 38.1 Å². The fourth-order valence-electron chi connectivity index (χ4n) is 2.56. The molecule has 0 amide bonds. The van der Waals surface area contributed by atoms with Gasteiger partial charge in [0, 0.05) is 36.6 Å². The van der Waals surface area contributed by atoms with E-state index in [0.717, 1.165) is 41.5 Å². The fraction of sp³-hybridized carbons (Fsp3) is 0.286. The highest BCUT2D eigenvalue weighted by Crippen LogP contribution is 2.28. The zero-order valence-corrected chi connectivity index (χ0v) is 15.2. The smallest absolute Gasteiger partial charge is 0.144 e. The lowest BCUT2D eigenvalue weighted by atomic mass is 10.1. The summed E-state index contributed by atoms with van der Waals surface area (Å²) in [4.78, 5) is 6.84. The molecular weight excluding hydrogens is 312 g/mol. The Hall–Kier alpha value is -2.75. The number of methoxy groups -OCH3 is 1. The molecule has 0 atom stereocenters. The lowest BCUT2D eigenvalue weighted by Gasteiger charge is -2.22. The van der Waals surface area contributed by atoms with Crippen LogP contribution in [-0.4, -0.2) is 33.0 Å². The summed E-state index contributed by atoms with van der Waals surface area (Å²) in [6.07, 6.45) is 3.55. The molecule has 0 spiro atoms. The molecule has 0 N–H and O–H groups in total. The van der Waals surface area contributed by atoms with Crippen LogP contribution in [0.3, 0.4) is 0 Å². The Labute approximate surface area is 150 Å². The van der Waals surface area contributed by atoms with Gasteiger partial charge in [-0.1, -0.05) is 24.8 Å². The number of hydrogen-bond acceptors (Lipinski definition) is 4. The van der Waals surface area contributed by atoms with E-state index in [1.807, 2.05) is 36.5 Å². The normalized spacial score (nSPS) is 10.7. The Kier molecular flexibility index (Phi) is 7.08. The molecule has 0 aliphatic carbocycles. The predicted molar refractivity (Wildman–Crippen MR) is 106 cm³/mol. The first kappa shape index (κ1) is 18.6. The second-order valence-corrected chi connectivity index (χ2v) is 5.42. The summed E-state index contributed by atoms with van der Waals surface area (Å²) in [5, 5.41) is 0. The lowest BCUT2D eigenvalue weighted by Crippen LogP contribution is -2.21. The Morgan fingerprint density at radius 3 is 2.52 bits per heavy atom. The van der Waals surface area contributed by atoms with E-state index in [1.165, 1.54) is 0 Å². The summed E-state index contributed by atoms with van der Waals surface area (Å²) in [6.45, 7) is 10.4. The molecule has 0 aliphatic rings. The van der Waals surface area contributed by atoms with Gasteiger partial charge in [0.2, 0.25) is 0 Å². The van der Waals surface area contributed by atoms with E-state index in [9.17, 15) is 0 Å². The average molecular weight is 338 g/mol. The number of benzene rings is 2. The highest BCUT2D eigenvalue weighted by molar-refractivity contribution is 5.87. The number of rotatable bonds is 9. The first-order chi connectivity index (χ1) is 12.2. The molecule has 0 aliphatic heterocycles. The predicted octanol–water partition coefficient (Wildman–Crippen LogP) is 4.86. The van der Waals surface area contributed by atoms with Crippen molar-refractivity contribution in [3.63, 3.8) is 0 Å². The number of anilines is 1. The number of nitrogens with zero attached hydrogens (tertiary/aromatic N) is 2. The number of para-hydroxylation sites is 2. The molecule has 0 unspecified atom stereocenters. The van der Waals surface area contributed by atoms with Crippen LogP contribution in [-0.2, 0) is 0 Å². The Bertz CT molecular complexity index is 722. The minimum atomic E-state index is 0.456. The second kappa shape index (κ2) is 9.52. The van der Waals surface area contributed by atoms with E-state index in [4.69, 9.17) is 9.47 Å². The zero-order valence-electron chi connectivity index (χ0n) is 15.2. The minimum absolute atomic E-state index is 0.456. The Balaban J connectivity index is 2.35. The minimum Gasteiger partial charge on any atom is -0.494 e. The number of ether oxygens (including phenoxy) is 2. The molecule has 25 heavy (non-hydrogen) atoms. The van der Waals surface area contributed by atoms with Crippen LogP contribution in [0.15, 0.2) is 60.1 Å². The van der Waals surface area contributed by atoms with E-state index < -0.39 is 0 Å². The standard InChI is InChI=1S/C21H26N2O2/c1-5-14-25-21-15-18(23(6-2)7-3)13-12-17(21)16-22-19-10-8-9-11-20(19)24-4/h5,8-13,15-16H,1,6-7,14H2,2-4H3. The van der Waals surface area contributed by atoms with Crippen molar-refractivity contribution in [3.8, 4) is 11.5 Å². The van der Waals surface area contributed by atoms with Gasteiger partial charge in [-0.15, -0.1) is 0 Å². The third kappa shape index (κ3) is 4.86. The summed E-state index contributed by atoms with van der Waals surface area (Å²) in [5.41, 5.74) is 2.84. The SMILES string of the molecule is C=CCOc1cc(N(CC)CC)ccc1C=Nc1ccccc1OC. The van der Waals surface area contributed by atoms with Crippen LogP contribution in [0.1, 0.15) is 19.4 Å². The highest BCUT2D eigenvalue weighted by Gasteiger charge is 2.08. The van der Waals surface area contributed by atoms with Crippen molar-refractivity contribution >= 4 is 17.6 Å². The Morgan fingerprint density at radius 2 is 1.84 bits per heavy atom. The van der Waals surface area contributed by atoms with Gasteiger partial charge in [0.25, 0.3) is 0 Å². The molecule has 2 aromatic carbocycles. The molecule has 132 valence electrons. The van der Waals surface area contributed by atoms with Gasteiger partial charge in [0.15, 0.2) is 0 Å². The molecule has 0 radical (unpaired) electrons. The van der Waals surface area contributed by atoms with E-state index in [-0.39, 0.29) is 0 Å². The second-order valence-electron chi connectivity index (χ2n) is 5.42. The number of hydrogen-bond donors (Lipinski definition) is 0. The van der Waals surface area contributed by atoms with Gasteiger partial charge in [0.05, 0.1) is 7.11 Å². The molecule has 0 heterocycles. The van der Waals surface area contributed by atoms with Gasteiger partial charge in [0.1, 0.15) is 23.8 Å². The van der Waals surface area contributed by atoms with Crippen molar-refractivity contribution in [2.45, 2.75) is 13.8 Å². The highest BCUT2D eigenvalue weighted by atomic mass is 16.5. The van der Waals surface area contributed by atoms with Gasteiger partial charge >= 0.3 is 0 Å². The first-order valence-corrected chi connectivity index (χ1v) is 8.53. The van der Waals surface area contributed by atoms with E-state index in [0.29, 0.717) is 6.61 Å². The Morgan fingerprint density at radius 1 is 1.08 bits per heavy atom. The molecule has 2 aromatic rings. The molecular formula is C21H26N2O2. The maximum Gasteiger partial charge on any atom is 0.144 e. The molecule has 0 fully saturated rings. The molecule has 0 aromatic heterocycles. The largest absolute Gasteiger partial charge is 0.494 e. The van der Waals surface area contributed by atoms with Crippen LogP contribution in [0.4, 0.5) is 11.4 Å².